The molecule has 0 bridgehead atoms. The third kappa shape index (κ3) is 3.44. The van der Waals surface area contributed by atoms with Crippen LogP contribution >= 0.6 is 0 Å². The first-order chi connectivity index (χ1) is 9.45. The predicted molar refractivity (Wildman–Crippen MR) is 81.9 cm³/mol. The summed E-state index contributed by atoms with van der Waals surface area (Å²) in [5.74, 6) is 0.783. The molecule has 0 aliphatic carbocycles. The molecular formula is C15H22N4O. The van der Waals surface area contributed by atoms with Crippen LogP contribution in [0, 0.1) is 6.92 Å². The molecule has 108 valence electrons. The minimum atomic E-state index is 0.130. The van der Waals surface area contributed by atoms with Gasteiger partial charge in [0.2, 0.25) is 0 Å². The molecule has 1 aromatic heterocycles. The molecule has 5 heteroatoms. The number of ether oxygens (including phenoxy) is 1. The van der Waals surface area contributed by atoms with Gasteiger partial charge in [0.15, 0.2) is 0 Å². The highest BCUT2D eigenvalue weighted by molar-refractivity contribution is 5.59. The van der Waals surface area contributed by atoms with Crippen LogP contribution < -0.4 is 15.8 Å². The Kier molecular flexibility index (Phi) is 4.17. The second-order valence-corrected chi connectivity index (χ2v) is 5.19. The maximum absolute atomic E-state index is 5.90. The Morgan fingerprint density at radius 2 is 2.10 bits per heavy atom. The zero-order valence-corrected chi connectivity index (χ0v) is 12.5. The molecule has 0 radical (unpaired) electrons. The summed E-state index contributed by atoms with van der Waals surface area (Å²) in [6.07, 6.45) is 2.00. The fourth-order valence-corrected chi connectivity index (χ4v) is 1.98. The van der Waals surface area contributed by atoms with E-state index in [2.05, 4.69) is 17.3 Å². The van der Waals surface area contributed by atoms with Crippen LogP contribution in [0.2, 0.25) is 0 Å². The van der Waals surface area contributed by atoms with Crippen molar-refractivity contribution in [2.75, 3.05) is 11.1 Å². The van der Waals surface area contributed by atoms with E-state index in [1.54, 1.807) is 0 Å². The number of aryl methyl sites for hydroxylation is 1. The second-order valence-electron chi connectivity index (χ2n) is 5.19. The van der Waals surface area contributed by atoms with E-state index in [9.17, 15) is 0 Å². The van der Waals surface area contributed by atoms with Crippen molar-refractivity contribution in [3.8, 4) is 5.75 Å². The monoisotopic (exact) mass is 274 g/mol. The standard InChI is InChI=1S/C15H22N4O/c1-10(2)20-15-6-13(16)5-14(7-15)17-8-12-9-18-19(4)11(12)3/h5-7,9-10,17H,8,16H2,1-4H3. The molecule has 0 aliphatic rings. The number of nitrogens with one attached hydrogen (secondary N) is 1. The molecule has 20 heavy (non-hydrogen) atoms. The molecule has 0 aliphatic heterocycles. The van der Waals surface area contributed by atoms with Gasteiger partial charge in [0.05, 0.1) is 12.3 Å². The van der Waals surface area contributed by atoms with Gasteiger partial charge in [0, 0.05) is 48.4 Å². The molecule has 3 N–H and O–H groups in total. The Morgan fingerprint density at radius 3 is 2.70 bits per heavy atom. The van der Waals surface area contributed by atoms with Crippen LogP contribution in [0.25, 0.3) is 0 Å². The summed E-state index contributed by atoms with van der Waals surface area (Å²) >= 11 is 0. The van der Waals surface area contributed by atoms with Crippen LogP contribution in [0.4, 0.5) is 11.4 Å². The van der Waals surface area contributed by atoms with Crippen molar-refractivity contribution in [3.63, 3.8) is 0 Å². The fraction of sp³-hybridized carbons (Fsp3) is 0.400. The van der Waals surface area contributed by atoms with Crippen LogP contribution in [-0.4, -0.2) is 15.9 Å². The minimum absolute atomic E-state index is 0.130. The number of rotatable bonds is 5. The first-order valence-corrected chi connectivity index (χ1v) is 6.74. The van der Waals surface area contributed by atoms with E-state index in [0.29, 0.717) is 12.2 Å². The lowest BCUT2D eigenvalue weighted by molar-refractivity contribution is 0.242. The quantitative estimate of drug-likeness (QED) is 0.823. The Bertz CT molecular complexity index is 590. The Hall–Kier alpha value is -2.17. The van der Waals surface area contributed by atoms with E-state index in [0.717, 1.165) is 17.1 Å². The molecule has 1 aromatic carbocycles. The number of benzene rings is 1. The van der Waals surface area contributed by atoms with E-state index in [4.69, 9.17) is 10.5 Å². The van der Waals surface area contributed by atoms with Gasteiger partial charge in [-0.15, -0.1) is 0 Å². The molecule has 0 amide bonds. The maximum Gasteiger partial charge on any atom is 0.123 e. The smallest absolute Gasteiger partial charge is 0.123 e. The van der Waals surface area contributed by atoms with Crippen LogP contribution in [0.5, 0.6) is 5.75 Å². The van der Waals surface area contributed by atoms with E-state index >= 15 is 0 Å². The molecule has 1 heterocycles. The Morgan fingerprint density at radius 1 is 1.35 bits per heavy atom. The van der Waals surface area contributed by atoms with Crippen molar-refractivity contribution >= 4 is 11.4 Å². The van der Waals surface area contributed by atoms with E-state index < -0.39 is 0 Å². The second kappa shape index (κ2) is 5.86. The van der Waals surface area contributed by atoms with Gasteiger partial charge in [0.1, 0.15) is 5.75 Å². The molecule has 2 rings (SSSR count). The summed E-state index contributed by atoms with van der Waals surface area (Å²) in [5.41, 5.74) is 9.86. The number of hydrogen-bond acceptors (Lipinski definition) is 4. The number of nitrogens with zero attached hydrogens (tertiary/aromatic N) is 2. The van der Waals surface area contributed by atoms with Gasteiger partial charge < -0.3 is 15.8 Å². The molecule has 5 nitrogen and oxygen atoms in total. The van der Waals surface area contributed by atoms with Gasteiger partial charge in [0.25, 0.3) is 0 Å². The predicted octanol–water partition coefficient (Wildman–Crippen LogP) is 2.71. The lowest BCUT2D eigenvalue weighted by Gasteiger charge is -2.13. The number of anilines is 2. The van der Waals surface area contributed by atoms with Gasteiger partial charge in [-0.25, -0.2) is 0 Å². The number of hydrogen-bond donors (Lipinski definition) is 2. The largest absolute Gasteiger partial charge is 0.491 e. The first-order valence-electron chi connectivity index (χ1n) is 6.74. The molecule has 0 spiro atoms. The summed E-state index contributed by atoms with van der Waals surface area (Å²) in [6.45, 7) is 6.76. The summed E-state index contributed by atoms with van der Waals surface area (Å²) in [4.78, 5) is 0. The summed E-state index contributed by atoms with van der Waals surface area (Å²) in [5, 5.41) is 7.59. The zero-order chi connectivity index (χ0) is 14.7. The average Bonchev–Trinajstić information content (AvgIpc) is 2.66. The maximum atomic E-state index is 5.90. The minimum Gasteiger partial charge on any atom is -0.491 e. The van der Waals surface area contributed by atoms with Crippen LogP contribution in [-0.2, 0) is 13.6 Å². The van der Waals surface area contributed by atoms with Gasteiger partial charge in [-0.2, -0.15) is 5.10 Å². The highest BCUT2D eigenvalue weighted by Crippen LogP contribution is 2.24. The van der Waals surface area contributed by atoms with E-state index in [1.165, 1.54) is 5.56 Å². The zero-order valence-electron chi connectivity index (χ0n) is 12.5. The summed E-state index contributed by atoms with van der Waals surface area (Å²) in [6, 6.07) is 5.70. The lowest BCUT2D eigenvalue weighted by atomic mass is 10.2. The Labute approximate surface area is 119 Å². The number of nitrogen functional groups attached to an aromatic ring is 1. The normalized spacial score (nSPS) is 10.8. The van der Waals surface area contributed by atoms with E-state index in [1.807, 2.05) is 50.0 Å². The molecule has 2 aromatic rings. The molecular weight excluding hydrogens is 252 g/mol. The highest BCUT2D eigenvalue weighted by Gasteiger charge is 2.05. The molecule has 0 fully saturated rings. The molecule has 0 atom stereocenters. The lowest BCUT2D eigenvalue weighted by Crippen LogP contribution is -2.07. The fourth-order valence-electron chi connectivity index (χ4n) is 1.98. The highest BCUT2D eigenvalue weighted by atomic mass is 16.5. The first kappa shape index (κ1) is 14.2. The van der Waals surface area contributed by atoms with Gasteiger partial charge in [-0.3, -0.25) is 4.68 Å². The number of nitrogens with two attached hydrogens (primary N) is 1. The summed E-state index contributed by atoms with van der Waals surface area (Å²) in [7, 11) is 1.94. The van der Waals surface area contributed by atoms with Crippen molar-refractivity contribution < 1.29 is 4.74 Å². The SMILES string of the molecule is Cc1c(CNc2cc(N)cc(OC(C)C)c2)cnn1C. The molecule has 0 unspecified atom stereocenters. The third-order valence-electron chi connectivity index (χ3n) is 3.12. The topological polar surface area (TPSA) is 65.1 Å². The average molecular weight is 274 g/mol. The van der Waals surface area contributed by atoms with E-state index in [-0.39, 0.29) is 6.10 Å². The Balaban J connectivity index is 2.09. The molecule has 0 saturated heterocycles. The third-order valence-corrected chi connectivity index (χ3v) is 3.12. The molecule has 0 saturated carbocycles. The van der Waals surface area contributed by atoms with Gasteiger partial charge in [-0.05, 0) is 26.8 Å². The van der Waals surface area contributed by atoms with Crippen molar-refractivity contribution in [1.82, 2.24) is 9.78 Å². The van der Waals surface area contributed by atoms with Crippen LogP contribution in [0.15, 0.2) is 24.4 Å². The summed E-state index contributed by atoms with van der Waals surface area (Å²) < 4.78 is 7.54. The van der Waals surface area contributed by atoms with Crippen LogP contribution in [0.1, 0.15) is 25.1 Å². The number of aromatic nitrogens is 2. The van der Waals surface area contributed by atoms with Crippen molar-refractivity contribution in [3.05, 3.63) is 35.7 Å². The van der Waals surface area contributed by atoms with Gasteiger partial charge >= 0.3 is 0 Å². The van der Waals surface area contributed by atoms with Crippen molar-refractivity contribution in [2.24, 2.45) is 7.05 Å². The van der Waals surface area contributed by atoms with Gasteiger partial charge in [-0.1, -0.05) is 0 Å². The van der Waals surface area contributed by atoms with Crippen LogP contribution in [0.3, 0.4) is 0 Å². The van der Waals surface area contributed by atoms with Crippen molar-refractivity contribution in [1.29, 1.82) is 0 Å². The van der Waals surface area contributed by atoms with Crippen molar-refractivity contribution in [2.45, 2.75) is 33.4 Å².